The Kier molecular flexibility index (Phi) is 5.66. The molecule has 0 amide bonds. The molecule has 0 saturated carbocycles. The minimum absolute atomic E-state index is 0.00209. The Morgan fingerprint density at radius 3 is 2.31 bits per heavy atom. The van der Waals surface area contributed by atoms with Gasteiger partial charge in [-0.15, -0.1) is 0 Å². The van der Waals surface area contributed by atoms with Gasteiger partial charge in [0.15, 0.2) is 28.4 Å². The second kappa shape index (κ2) is 8.56. The quantitative estimate of drug-likeness (QED) is 0.227. The lowest BCUT2D eigenvalue weighted by molar-refractivity contribution is -0.277. The van der Waals surface area contributed by atoms with Crippen LogP contribution in [0, 0.1) is 6.92 Å². The maximum absolute atomic E-state index is 12.2. The van der Waals surface area contributed by atoms with Gasteiger partial charge < -0.3 is 48.9 Å². The number of benzene rings is 2. The molecule has 0 unspecified atom stereocenters. The monoisotopic (exact) mass is 486 g/mol. The fourth-order valence-corrected chi connectivity index (χ4v) is 4.18. The summed E-state index contributed by atoms with van der Waals surface area (Å²) < 4.78 is 23.2. The van der Waals surface area contributed by atoms with Crippen LogP contribution >= 0.6 is 0 Å². The van der Waals surface area contributed by atoms with E-state index in [2.05, 4.69) is 0 Å². The van der Waals surface area contributed by atoms with Crippen LogP contribution in [0.15, 0.2) is 50.0 Å². The third-order valence-corrected chi connectivity index (χ3v) is 5.91. The first-order chi connectivity index (χ1) is 16.7. The second-order valence-corrected chi connectivity index (χ2v) is 8.34. The Bertz CT molecular complexity index is 1470. The molecular formula is C24H22O11. The molecule has 184 valence electrons. The van der Waals surface area contributed by atoms with Crippen LogP contribution < -0.4 is 10.2 Å². The number of rotatable bonds is 4. The van der Waals surface area contributed by atoms with E-state index in [1.165, 1.54) is 30.3 Å². The van der Waals surface area contributed by atoms with Gasteiger partial charge in [0.2, 0.25) is 6.29 Å². The van der Waals surface area contributed by atoms with Crippen molar-refractivity contribution in [3.05, 3.63) is 52.4 Å². The summed E-state index contributed by atoms with van der Waals surface area (Å²) in [5, 5.41) is 61.0. The average Bonchev–Trinajstić information content (AvgIpc) is 2.81. The summed E-state index contributed by atoms with van der Waals surface area (Å²) in [5.41, 5.74) is 0.229. The summed E-state index contributed by atoms with van der Waals surface area (Å²) in [6.45, 7) is 1.00. The molecule has 4 aromatic rings. The Labute approximate surface area is 196 Å². The number of aryl methyl sites for hydroxylation is 1. The topological polar surface area (TPSA) is 183 Å². The molecular weight excluding hydrogens is 464 g/mol. The first-order valence-electron chi connectivity index (χ1n) is 10.7. The zero-order valence-electron chi connectivity index (χ0n) is 18.3. The highest BCUT2D eigenvalue weighted by Crippen LogP contribution is 2.44. The molecule has 1 aliphatic heterocycles. The van der Waals surface area contributed by atoms with Crippen molar-refractivity contribution in [3.8, 4) is 28.6 Å². The highest BCUT2D eigenvalue weighted by Gasteiger charge is 2.45. The van der Waals surface area contributed by atoms with E-state index in [4.69, 9.17) is 18.3 Å². The molecule has 2 aromatic heterocycles. The summed E-state index contributed by atoms with van der Waals surface area (Å²) in [6, 6.07) is 8.02. The van der Waals surface area contributed by atoms with Crippen LogP contribution in [0.2, 0.25) is 0 Å². The van der Waals surface area contributed by atoms with Crippen LogP contribution in [-0.2, 0) is 4.74 Å². The molecule has 0 radical (unpaired) electrons. The summed E-state index contributed by atoms with van der Waals surface area (Å²) >= 11 is 0. The smallest absolute Gasteiger partial charge is 0.229 e. The van der Waals surface area contributed by atoms with Crippen molar-refractivity contribution in [2.75, 3.05) is 6.61 Å². The molecule has 5 atom stereocenters. The minimum atomic E-state index is -1.70. The van der Waals surface area contributed by atoms with Crippen molar-refractivity contribution < 1.29 is 48.9 Å². The van der Waals surface area contributed by atoms with Crippen molar-refractivity contribution in [2.45, 2.75) is 37.6 Å². The fraction of sp³-hybridized carbons (Fsp3) is 0.292. The number of hydrogen-bond donors (Lipinski definition) is 6. The van der Waals surface area contributed by atoms with E-state index in [0.29, 0.717) is 16.5 Å². The first-order valence-corrected chi connectivity index (χ1v) is 10.7. The molecule has 3 heterocycles. The minimum Gasteiger partial charge on any atom is -0.504 e. The molecule has 0 spiro atoms. The molecule has 35 heavy (non-hydrogen) atoms. The van der Waals surface area contributed by atoms with Gasteiger partial charge in [0.1, 0.15) is 41.3 Å². The number of aromatic hydroxyl groups is 2. The molecule has 11 heteroatoms. The molecule has 5 rings (SSSR count). The van der Waals surface area contributed by atoms with Gasteiger partial charge in [0.25, 0.3) is 0 Å². The highest BCUT2D eigenvalue weighted by atomic mass is 16.7. The van der Waals surface area contributed by atoms with E-state index >= 15 is 0 Å². The fourth-order valence-electron chi connectivity index (χ4n) is 4.18. The number of aliphatic hydroxyl groups excluding tert-OH is 4. The first kappa shape index (κ1) is 23.1. The third-order valence-electron chi connectivity index (χ3n) is 5.91. The standard InChI is InChI=1S/C24H22O11/c1-9-4-12-18-15(32-9)6-11(26)7-16(18)33-22(10-2-3-13(27)14(28)5-10)23(12)35-24-21(31)20(30)19(29)17(8-25)34-24/h2-7,17,19-21,24-25,27-31H,8H2,1H3/t17-,19-,20+,21-,24+/m1/s1. The largest absolute Gasteiger partial charge is 0.504 e. The molecule has 6 N–H and O–H groups in total. The van der Waals surface area contributed by atoms with Crippen molar-refractivity contribution in [3.63, 3.8) is 0 Å². The SMILES string of the molecule is Cc1cc2c(O[C@@H]3O[C@H](CO)[C@@H](O)[C@H](O)[C@H]3O)c(-c3ccc(O)c(O)c3)oc3cc(=O)cc(o1)c32. The van der Waals surface area contributed by atoms with E-state index in [1.54, 1.807) is 13.0 Å². The maximum Gasteiger partial charge on any atom is 0.229 e. The van der Waals surface area contributed by atoms with Crippen molar-refractivity contribution >= 4 is 21.9 Å². The zero-order valence-corrected chi connectivity index (χ0v) is 18.3. The number of phenolic OH excluding ortho intramolecular Hbond substituents is 2. The lowest BCUT2D eigenvalue weighted by Gasteiger charge is -2.39. The lowest BCUT2D eigenvalue weighted by Crippen LogP contribution is -2.60. The van der Waals surface area contributed by atoms with Crippen LogP contribution in [0.4, 0.5) is 0 Å². The average molecular weight is 486 g/mol. The van der Waals surface area contributed by atoms with Gasteiger partial charge in [0.05, 0.1) is 12.0 Å². The van der Waals surface area contributed by atoms with Gasteiger partial charge in [-0.3, -0.25) is 4.79 Å². The van der Waals surface area contributed by atoms with Gasteiger partial charge in [-0.1, -0.05) is 0 Å². The highest BCUT2D eigenvalue weighted by molar-refractivity contribution is 6.09. The molecule has 11 nitrogen and oxygen atoms in total. The number of aliphatic hydroxyl groups is 4. The van der Waals surface area contributed by atoms with Crippen LogP contribution in [0.25, 0.3) is 33.3 Å². The van der Waals surface area contributed by atoms with Crippen molar-refractivity contribution in [1.29, 1.82) is 0 Å². The molecule has 0 bridgehead atoms. The maximum atomic E-state index is 12.2. The summed E-state index contributed by atoms with van der Waals surface area (Å²) in [6.07, 6.45) is -7.73. The van der Waals surface area contributed by atoms with E-state index in [1.807, 2.05) is 0 Å². The molecule has 0 aliphatic carbocycles. The van der Waals surface area contributed by atoms with Gasteiger partial charge in [0, 0.05) is 23.1 Å². The van der Waals surface area contributed by atoms with Crippen molar-refractivity contribution in [2.24, 2.45) is 0 Å². The zero-order chi connectivity index (χ0) is 25.0. The number of phenols is 2. The van der Waals surface area contributed by atoms with Gasteiger partial charge in [-0.2, -0.15) is 0 Å². The van der Waals surface area contributed by atoms with Crippen LogP contribution in [-0.4, -0.2) is 68.0 Å². The predicted molar refractivity (Wildman–Crippen MR) is 120 cm³/mol. The van der Waals surface area contributed by atoms with Crippen LogP contribution in [0.5, 0.6) is 17.2 Å². The Balaban J connectivity index is 1.77. The number of hydrogen-bond acceptors (Lipinski definition) is 11. The summed E-state index contributed by atoms with van der Waals surface area (Å²) in [4.78, 5) is 12.2. The summed E-state index contributed by atoms with van der Waals surface area (Å²) in [5.74, 6) is -0.412. The Morgan fingerprint density at radius 1 is 0.914 bits per heavy atom. The van der Waals surface area contributed by atoms with Crippen molar-refractivity contribution in [1.82, 2.24) is 0 Å². The van der Waals surface area contributed by atoms with Gasteiger partial charge >= 0.3 is 0 Å². The van der Waals surface area contributed by atoms with Gasteiger partial charge in [-0.05, 0) is 31.2 Å². The predicted octanol–water partition coefficient (Wildman–Crippen LogP) is 1.10. The normalized spacial score (nSPS) is 24.8. The third kappa shape index (κ3) is 3.89. The molecule has 1 aliphatic rings. The number of ether oxygens (including phenoxy) is 2. The second-order valence-electron chi connectivity index (χ2n) is 8.34. The van der Waals surface area contributed by atoms with E-state index < -0.39 is 43.1 Å². The molecule has 2 aromatic carbocycles. The molecule has 1 saturated heterocycles. The van der Waals surface area contributed by atoms with Gasteiger partial charge in [-0.25, -0.2) is 0 Å². The van der Waals surface area contributed by atoms with Crippen LogP contribution in [0.3, 0.4) is 0 Å². The van der Waals surface area contributed by atoms with E-state index in [0.717, 1.165) is 0 Å². The molecule has 1 fully saturated rings. The van der Waals surface area contributed by atoms with E-state index in [9.17, 15) is 35.4 Å². The summed E-state index contributed by atoms with van der Waals surface area (Å²) in [7, 11) is 0. The lowest BCUT2D eigenvalue weighted by atomic mass is 9.99. The van der Waals surface area contributed by atoms with Crippen LogP contribution in [0.1, 0.15) is 5.76 Å². The van der Waals surface area contributed by atoms with E-state index in [-0.39, 0.29) is 39.4 Å². The Morgan fingerprint density at radius 2 is 1.63 bits per heavy atom. The Hall–Kier alpha value is -3.61.